The van der Waals surface area contributed by atoms with Crippen LogP contribution in [0.1, 0.15) is 16.3 Å². The molecule has 0 bridgehead atoms. The van der Waals surface area contributed by atoms with Gasteiger partial charge in [0.2, 0.25) is 0 Å². The molecule has 0 radical (unpaired) electrons. The highest BCUT2D eigenvalue weighted by Crippen LogP contribution is 2.23. The van der Waals surface area contributed by atoms with Crippen molar-refractivity contribution in [2.45, 2.75) is 6.61 Å². The van der Waals surface area contributed by atoms with Gasteiger partial charge in [0, 0.05) is 13.2 Å². The van der Waals surface area contributed by atoms with Gasteiger partial charge in [-0.25, -0.2) is 9.78 Å². The quantitative estimate of drug-likeness (QED) is 0.923. The predicted molar refractivity (Wildman–Crippen MR) is 66.0 cm³/mol. The molecule has 0 aliphatic carbocycles. The summed E-state index contributed by atoms with van der Waals surface area (Å²) >= 11 is 5.94. The first kappa shape index (κ1) is 12.4. The van der Waals surface area contributed by atoms with E-state index in [2.05, 4.69) is 4.98 Å². The second kappa shape index (κ2) is 5.10. The maximum absolute atomic E-state index is 10.8. The number of halogens is 1. The SMILES string of the molecule is Cn1cc(C(=O)O)nc1COc1ccccc1Cl. The Hall–Kier alpha value is -2.01. The van der Waals surface area contributed by atoms with E-state index in [-0.39, 0.29) is 12.3 Å². The lowest BCUT2D eigenvalue weighted by molar-refractivity contribution is 0.0690. The van der Waals surface area contributed by atoms with Crippen LogP contribution in [0.4, 0.5) is 0 Å². The van der Waals surface area contributed by atoms with E-state index in [1.54, 1.807) is 29.8 Å². The van der Waals surface area contributed by atoms with Crippen molar-refractivity contribution in [3.05, 3.63) is 47.0 Å². The first-order valence-corrected chi connectivity index (χ1v) is 5.58. The summed E-state index contributed by atoms with van der Waals surface area (Å²) in [6.45, 7) is 0.160. The lowest BCUT2D eigenvalue weighted by Crippen LogP contribution is -2.03. The third kappa shape index (κ3) is 2.62. The van der Waals surface area contributed by atoms with E-state index in [1.807, 2.05) is 6.07 Å². The number of aryl methyl sites for hydroxylation is 1. The van der Waals surface area contributed by atoms with Crippen molar-refractivity contribution in [2.24, 2.45) is 7.05 Å². The van der Waals surface area contributed by atoms with E-state index in [9.17, 15) is 4.79 Å². The van der Waals surface area contributed by atoms with E-state index >= 15 is 0 Å². The number of nitrogens with zero attached hydrogens (tertiary/aromatic N) is 2. The zero-order valence-electron chi connectivity index (χ0n) is 9.63. The number of carbonyl (C=O) groups is 1. The van der Waals surface area contributed by atoms with Crippen molar-refractivity contribution >= 4 is 17.6 Å². The zero-order valence-corrected chi connectivity index (χ0v) is 10.4. The van der Waals surface area contributed by atoms with E-state index < -0.39 is 5.97 Å². The van der Waals surface area contributed by atoms with Gasteiger partial charge in [-0.1, -0.05) is 23.7 Å². The molecule has 0 saturated carbocycles. The summed E-state index contributed by atoms with van der Waals surface area (Å²) in [5.41, 5.74) is -0.00439. The molecule has 0 saturated heterocycles. The molecule has 0 aliphatic rings. The fourth-order valence-electron chi connectivity index (χ4n) is 1.45. The average molecular weight is 267 g/mol. The van der Waals surface area contributed by atoms with Crippen LogP contribution in [0, 0.1) is 0 Å². The highest BCUT2D eigenvalue weighted by Gasteiger charge is 2.11. The van der Waals surface area contributed by atoms with Crippen LogP contribution >= 0.6 is 11.6 Å². The van der Waals surface area contributed by atoms with E-state index in [4.69, 9.17) is 21.4 Å². The highest BCUT2D eigenvalue weighted by atomic mass is 35.5. The number of benzene rings is 1. The molecule has 5 nitrogen and oxygen atoms in total. The summed E-state index contributed by atoms with van der Waals surface area (Å²) in [4.78, 5) is 14.7. The molecule has 0 atom stereocenters. The van der Waals surface area contributed by atoms with Crippen LogP contribution in [-0.4, -0.2) is 20.6 Å². The van der Waals surface area contributed by atoms with Crippen molar-refractivity contribution in [2.75, 3.05) is 0 Å². The number of aromatic nitrogens is 2. The molecule has 2 rings (SSSR count). The summed E-state index contributed by atoms with van der Waals surface area (Å²) in [5.74, 6) is 0.000884. The second-order valence-electron chi connectivity index (χ2n) is 3.68. The van der Waals surface area contributed by atoms with E-state index in [1.165, 1.54) is 6.20 Å². The molecule has 6 heteroatoms. The molecule has 0 fully saturated rings. The Bertz CT molecular complexity index is 580. The fourth-order valence-corrected chi connectivity index (χ4v) is 1.64. The Balaban J connectivity index is 2.11. The number of carboxylic acids is 1. The minimum Gasteiger partial charge on any atom is -0.484 e. The second-order valence-corrected chi connectivity index (χ2v) is 4.08. The number of hydrogen-bond donors (Lipinski definition) is 1. The third-order valence-corrected chi connectivity index (χ3v) is 2.70. The maximum atomic E-state index is 10.8. The Morgan fingerprint density at radius 1 is 1.50 bits per heavy atom. The van der Waals surface area contributed by atoms with Crippen LogP contribution in [0.25, 0.3) is 0 Å². The highest BCUT2D eigenvalue weighted by molar-refractivity contribution is 6.32. The molecular weight excluding hydrogens is 256 g/mol. The Labute approximate surface area is 109 Å². The Morgan fingerprint density at radius 2 is 2.22 bits per heavy atom. The third-order valence-electron chi connectivity index (χ3n) is 2.39. The molecule has 18 heavy (non-hydrogen) atoms. The normalized spacial score (nSPS) is 10.3. The maximum Gasteiger partial charge on any atom is 0.356 e. The standard InChI is InChI=1S/C12H11ClN2O3/c1-15-6-9(12(16)17)14-11(15)7-18-10-5-3-2-4-8(10)13/h2-6H,7H2,1H3,(H,16,17). The van der Waals surface area contributed by atoms with Crippen molar-refractivity contribution in [1.82, 2.24) is 9.55 Å². The minimum atomic E-state index is -1.06. The van der Waals surface area contributed by atoms with Gasteiger partial charge in [-0.05, 0) is 12.1 Å². The molecule has 94 valence electrons. The number of carboxylic acid groups (broad SMARTS) is 1. The van der Waals surface area contributed by atoms with Gasteiger partial charge < -0.3 is 14.4 Å². The van der Waals surface area contributed by atoms with Crippen LogP contribution in [0.15, 0.2) is 30.5 Å². The molecule has 2 aromatic rings. The molecule has 1 aromatic carbocycles. The average Bonchev–Trinajstić information content (AvgIpc) is 2.70. The number of hydrogen-bond acceptors (Lipinski definition) is 3. The first-order chi connectivity index (χ1) is 8.58. The van der Waals surface area contributed by atoms with Gasteiger partial charge in [0.05, 0.1) is 5.02 Å². The van der Waals surface area contributed by atoms with E-state index in [0.717, 1.165) is 0 Å². The molecule has 1 N–H and O–H groups in total. The molecular formula is C12H11ClN2O3. The zero-order chi connectivity index (χ0) is 13.1. The fraction of sp³-hybridized carbons (Fsp3) is 0.167. The van der Waals surface area contributed by atoms with Gasteiger partial charge in [-0.2, -0.15) is 0 Å². The van der Waals surface area contributed by atoms with Gasteiger partial charge in [-0.15, -0.1) is 0 Å². The topological polar surface area (TPSA) is 64.4 Å². The number of rotatable bonds is 4. The predicted octanol–water partition coefficient (Wildman–Crippen LogP) is 2.35. The van der Waals surface area contributed by atoms with Crippen molar-refractivity contribution in [3.8, 4) is 5.75 Å². The van der Waals surface area contributed by atoms with Gasteiger partial charge in [0.25, 0.3) is 0 Å². The van der Waals surface area contributed by atoms with Crippen LogP contribution in [0.3, 0.4) is 0 Å². The summed E-state index contributed by atoms with van der Waals surface area (Å²) in [6.07, 6.45) is 1.44. The number of aromatic carboxylic acids is 1. The van der Waals surface area contributed by atoms with Gasteiger partial charge in [-0.3, -0.25) is 0 Å². The summed E-state index contributed by atoms with van der Waals surface area (Å²) in [7, 11) is 1.71. The largest absolute Gasteiger partial charge is 0.484 e. The molecule has 0 unspecified atom stereocenters. The lowest BCUT2D eigenvalue weighted by Gasteiger charge is -2.07. The minimum absolute atomic E-state index is 0.00439. The lowest BCUT2D eigenvalue weighted by atomic mass is 10.3. The van der Waals surface area contributed by atoms with Crippen LogP contribution in [0.5, 0.6) is 5.75 Å². The Morgan fingerprint density at radius 3 is 2.83 bits per heavy atom. The molecule has 0 amide bonds. The number of para-hydroxylation sites is 1. The van der Waals surface area contributed by atoms with Gasteiger partial charge >= 0.3 is 5.97 Å². The van der Waals surface area contributed by atoms with Crippen molar-refractivity contribution < 1.29 is 14.6 Å². The van der Waals surface area contributed by atoms with Crippen molar-refractivity contribution in [1.29, 1.82) is 0 Å². The van der Waals surface area contributed by atoms with Crippen molar-refractivity contribution in [3.63, 3.8) is 0 Å². The van der Waals surface area contributed by atoms with Gasteiger partial charge in [0.15, 0.2) is 5.69 Å². The number of ether oxygens (including phenoxy) is 1. The Kier molecular flexibility index (Phi) is 3.53. The summed E-state index contributed by atoms with van der Waals surface area (Å²) in [5, 5.41) is 9.32. The summed E-state index contributed by atoms with van der Waals surface area (Å²) < 4.78 is 7.10. The molecule has 0 spiro atoms. The molecule has 1 aromatic heterocycles. The van der Waals surface area contributed by atoms with Crippen LogP contribution in [0.2, 0.25) is 5.02 Å². The van der Waals surface area contributed by atoms with E-state index in [0.29, 0.717) is 16.6 Å². The molecule has 0 aliphatic heterocycles. The number of imidazole rings is 1. The smallest absolute Gasteiger partial charge is 0.356 e. The molecule has 1 heterocycles. The monoisotopic (exact) mass is 266 g/mol. The summed E-state index contributed by atoms with van der Waals surface area (Å²) in [6, 6.07) is 7.07. The van der Waals surface area contributed by atoms with Crippen LogP contribution in [-0.2, 0) is 13.7 Å². The van der Waals surface area contributed by atoms with Gasteiger partial charge in [0.1, 0.15) is 18.2 Å². The first-order valence-electron chi connectivity index (χ1n) is 5.21. The van der Waals surface area contributed by atoms with Crippen LogP contribution < -0.4 is 4.74 Å².